The molecule has 0 bridgehead atoms. The molecule has 2 aromatic rings. The minimum atomic E-state index is -1.47. The molecule has 0 fully saturated rings. The Hall–Kier alpha value is -2.12. The third kappa shape index (κ3) is 4.09. The lowest BCUT2D eigenvalue weighted by Crippen LogP contribution is -2.33. The summed E-state index contributed by atoms with van der Waals surface area (Å²) in [5.41, 5.74) is 1.29. The Bertz CT molecular complexity index is 914. The average Bonchev–Trinajstić information content (AvgIpc) is 2.77. The van der Waals surface area contributed by atoms with Crippen LogP contribution in [-0.4, -0.2) is 10.3 Å². The Morgan fingerprint density at radius 2 is 1.89 bits per heavy atom. The second-order valence-corrected chi connectivity index (χ2v) is 8.12. The molecule has 7 heteroatoms. The normalized spacial score (nSPS) is 19.5. The van der Waals surface area contributed by atoms with Gasteiger partial charge < -0.3 is 5.32 Å². The SMILES string of the molecule is C=C(Nc1ccc(F)c(F)c1)c1c(F)ccc2c1CCC(C(C)C)NS2=O. The summed E-state index contributed by atoms with van der Waals surface area (Å²) >= 11 is 0. The fourth-order valence-electron chi connectivity index (χ4n) is 3.19. The molecule has 0 aromatic heterocycles. The molecule has 1 aliphatic heterocycles. The van der Waals surface area contributed by atoms with Gasteiger partial charge in [0.05, 0.1) is 4.90 Å². The smallest absolute Gasteiger partial charge is 0.160 e. The number of nitrogens with one attached hydrogen (secondary N) is 2. The second kappa shape index (κ2) is 7.86. The molecule has 1 heterocycles. The van der Waals surface area contributed by atoms with Crippen LogP contribution in [0, 0.1) is 23.4 Å². The van der Waals surface area contributed by atoms with Crippen LogP contribution in [0.15, 0.2) is 41.8 Å². The molecular formula is C20H21F3N2OS. The lowest BCUT2D eigenvalue weighted by Gasteiger charge is -2.18. The Morgan fingerprint density at radius 3 is 2.56 bits per heavy atom. The van der Waals surface area contributed by atoms with E-state index in [4.69, 9.17) is 0 Å². The molecule has 2 unspecified atom stereocenters. The van der Waals surface area contributed by atoms with Crippen LogP contribution < -0.4 is 10.0 Å². The van der Waals surface area contributed by atoms with Gasteiger partial charge >= 0.3 is 0 Å². The number of fused-ring (bicyclic) bond motifs is 1. The highest BCUT2D eigenvalue weighted by Gasteiger charge is 2.27. The van der Waals surface area contributed by atoms with Crippen molar-refractivity contribution >= 4 is 22.4 Å². The summed E-state index contributed by atoms with van der Waals surface area (Å²) in [6, 6.07) is 6.12. The van der Waals surface area contributed by atoms with Crippen molar-refractivity contribution in [3.63, 3.8) is 0 Å². The summed E-state index contributed by atoms with van der Waals surface area (Å²) < 4.78 is 57.0. The van der Waals surface area contributed by atoms with Gasteiger partial charge in [0.15, 0.2) is 11.6 Å². The van der Waals surface area contributed by atoms with Gasteiger partial charge in [-0.2, -0.15) is 0 Å². The molecule has 3 nitrogen and oxygen atoms in total. The van der Waals surface area contributed by atoms with Gasteiger partial charge in [-0.3, -0.25) is 0 Å². The van der Waals surface area contributed by atoms with Gasteiger partial charge in [-0.15, -0.1) is 0 Å². The van der Waals surface area contributed by atoms with Gasteiger partial charge in [0.2, 0.25) is 0 Å². The first kappa shape index (κ1) is 19.6. The first-order valence-electron chi connectivity index (χ1n) is 8.68. The van der Waals surface area contributed by atoms with Gasteiger partial charge in [0, 0.05) is 29.1 Å². The molecule has 0 spiro atoms. The second-order valence-electron chi connectivity index (χ2n) is 6.91. The number of anilines is 1. The zero-order valence-electron chi connectivity index (χ0n) is 15.1. The molecule has 1 aliphatic rings. The molecule has 2 aromatic carbocycles. The Balaban J connectivity index is 1.96. The first-order chi connectivity index (χ1) is 12.8. The predicted molar refractivity (Wildman–Crippen MR) is 102 cm³/mol. The summed E-state index contributed by atoms with van der Waals surface area (Å²) in [5.74, 6) is -2.20. The maximum absolute atomic E-state index is 14.6. The largest absolute Gasteiger partial charge is 0.355 e. The van der Waals surface area contributed by atoms with Crippen LogP contribution in [-0.2, 0) is 17.4 Å². The quantitative estimate of drug-likeness (QED) is 0.784. The van der Waals surface area contributed by atoms with Crippen molar-refractivity contribution in [1.29, 1.82) is 0 Å². The molecular weight excluding hydrogens is 373 g/mol. The van der Waals surface area contributed by atoms with Crippen molar-refractivity contribution in [3.8, 4) is 0 Å². The standard InChI is InChI=1S/C20H21F3N2OS/c1-11(2)18-8-5-14-19(27(26)25-18)9-7-16(22)20(14)12(3)24-13-4-6-15(21)17(23)10-13/h4,6-7,9-11,18,24-25H,3,5,8H2,1-2H3. The van der Waals surface area contributed by atoms with E-state index >= 15 is 0 Å². The predicted octanol–water partition coefficient (Wildman–Crippen LogP) is 4.77. The van der Waals surface area contributed by atoms with E-state index in [1.165, 1.54) is 18.2 Å². The molecule has 0 saturated carbocycles. The van der Waals surface area contributed by atoms with E-state index in [2.05, 4.69) is 16.6 Å². The summed E-state index contributed by atoms with van der Waals surface area (Å²) in [6.07, 6.45) is 1.23. The van der Waals surface area contributed by atoms with Gasteiger partial charge in [-0.1, -0.05) is 20.4 Å². The number of benzene rings is 2. The van der Waals surface area contributed by atoms with Crippen LogP contribution in [0.1, 0.15) is 31.4 Å². The zero-order chi connectivity index (χ0) is 19.7. The van der Waals surface area contributed by atoms with Gasteiger partial charge in [0.1, 0.15) is 16.8 Å². The van der Waals surface area contributed by atoms with Crippen molar-refractivity contribution in [2.45, 2.75) is 37.6 Å². The molecule has 144 valence electrons. The van der Waals surface area contributed by atoms with E-state index in [-0.39, 0.29) is 28.9 Å². The molecule has 0 aliphatic carbocycles. The highest BCUT2D eigenvalue weighted by Crippen LogP contribution is 2.31. The highest BCUT2D eigenvalue weighted by atomic mass is 32.2. The van der Waals surface area contributed by atoms with E-state index in [0.717, 1.165) is 12.1 Å². The fraction of sp³-hybridized carbons (Fsp3) is 0.300. The van der Waals surface area contributed by atoms with Gasteiger partial charge in [-0.25, -0.2) is 22.1 Å². The van der Waals surface area contributed by atoms with Crippen molar-refractivity contribution in [2.24, 2.45) is 5.92 Å². The first-order valence-corrected chi connectivity index (χ1v) is 9.83. The highest BCUT2D eigenvalue weighted by molar-refractivity contribution is 7.83. The Kier molecular flexibility index (Phi) is 5.72. The Labute approximate surface area is 159 Å². The number of halogens is 3. The van der Waals surface area contributed by atoms with E-state index in [1.54, 1.807) is 0 Å². The molecule has 27 heavy (non-hydrogen) atoms. The summed E-state index contributed by atoms with van der Waals surface area (Å²) in [6.45, 7) is 7.94. The van der Waals surface area contributed by atoms with Crippen LogP contribution in [0.5, 0.6) is 0 Å². The molecule has 2 atom stereocenters. The number of hydrogen-bond acceptors (Lipinski definition) is 2. The maximum atomic E-state index is 14.6. The van der Waals surface area contributed by atoms with Crippen LogP contribution in [0.25, 0.3) is 5.70 Å². The van der Waals surface area contributed by atoms with Gasteiger partial charge in [0.25, 0.3) is 0 Å². The minimum absolute atomic E-state index is 0.0431. The molecule has 0 amide bonds. The van der Waals surface area contributed by atoms with E-state index in [1.807, 2.05) is 13.8 Å². The average molecular weight is 394 g/mol. The summed E-state index contributed by atoms with van der Waals surface area (Å²) in [7, 11) is -1.47. The number of hydrogen-bond donors (Lipinski definition) is 2. The van der Waals surface area contributed by atoms with Crippen molar-refractivity contribution < 1.29 is 17.4 Å². The molecule has 3 rings (SSSR count). The van der Waals surface area contributed by atoms with Crippen LogP contribution >= 0.6 is 0 Å². The van der Waals surface area contributed by atoms with Gasteiger partial charge in [-0.05, 0) is 48.6 Å². The third-order valence-corrected chi connectivity index (χ3v) is 6.00. The lowest BCUT2D eigenvalue weighted by molar-refractivity contribution is 0.438. The third-order valence-electron chi connectivity index (χ3n) is 4.70. The molecule has 2 N–H and O–H groups in total. The van der Waals surface area contributed by atoms with E-state index in [9.17, 15) is 17.4 Å². The monoisotopic (exact) mass is 394 g/mol. The van der Waals surface area contributed by atoms with Crippen LogP contribution in [0.3, 0.4) is 0 Å². The Morgan fingerprint density at radius 1 is 1.19 bits per heavy atom. The minimum Gasteiger partial charge on any atom is -0.355 e. The lowest BCUT2D eigenvalue weighted by atomic mass is 9.94. The van der Waals surface area contributed by atoms with Crippen molar-refractivity contribution in [1.82, 2.24) is 4.72 Å². The molecule has 0 saturated heterocycles. The van der Waals surface area contributed by atoms with Crippen LogP contribution in [0.2, 0.25) is 0 Å². The van der Waals surface area contributed by atoms with Crippen LogP contribution in [0.4, 0.5) is 18.9 Å². The van der Waals surface area contributed by atoms with E-state index < -0.39 is 28.4 Å². The molecule has 0 radical (unpaired) electrons. The fourth-order valence-corrected chi connectivity index (χ4v) is 4.60. The summed E-state index contributed by atoms with van der Waals surface area (Å²) in [4.78, 5) is 0.516. The van der Waals surface area contributed by atoms with E-state index in [0.29, 0.717) is 23.3 Å². The van der Waals surface area contributed by atoms with Crippen molar-refractivity contribution in [3.05, 3.63) is 65.5 Å². The zero-order valence-corrected chi connectivity index (χ0v) is 15.9. The summed E-state index contributed by atoms with van der Waals surface area (Å²) in [5, 5.41) is 2.83. The topological polar surface area (TPSA) is 41.1 Å². The number of rotatable bonds is 4. The van der Waals surface area contributed by atoms with Crippen molar-refractivity contribution in [2.75, 3.05) is 5.32 Å². The maximum Gasteiger partial charge on any atom is 0.160 e.